The molecule has 2 aromatic rings. The third-order valence-electron chi connectivity index (χ3n) is 3.13. The second-order valence-corrected chi connectivity index (χ2v) is 4.58. The summed E-state index contributed by atoms with van der Waals surface area (Å²) in [6, 6.07) is 17.5. The van der Waals surface area contributed by atoms with Crippen molar-refractivity contribution in [3.63, 3.8) is 0 Å². The van der Waals surface area contributed by atoms with E-state index < -0.39 is 0 Å². The Morgan fingerprint density at radius 1 is 1.19 bits per heavy atom. The van der Waals surface area contributed by atoms with Gasteiger partial charge in [0.2, 0.25) is 0 Å². The molecule has 0 aromatic heterocycles. The third kappa shape index (κ3) is 3.90. The van der Waals surface area contributed by atoms with Crippen molar-refractivity contribution in [2.75, 3.05) is 19.0 Å². The molecular weight excluding hydrogens is 264 g/mol. The fourth-order valence-electron chi connectivity index (χ4n) is 2.14. The lowest BCUT2D eigenvalue weighted by Gasteiger charge is -2.18. The Kier molecular flexibility index (Phi) is 5.05. The lowest BCUT2D eigenvalue weighted by atomic mass is 10.1. The standard InChI is InChI=1S/C17H18N2O2/c1-13(16-8-3-4-9-17(16)20-2)19-14-6-5-7-15(12-14)21-11-10-18/h3-9,12-13,19H,11H2,1-2H3. The molecule has 4 nitrogen and oxygen atoms in total. The minimum Gasteiger partial charge on any atom is -0.496 e. The van der Waals surface area contributed by atoms with Crippen molar-refractivity contribution < 1.29 is 9.47 Å². The molecule has 2 rings (SSSR count). The van der Waals surface area contributed by atoms with Crippen molar-refractivity contribution in [1.82, 2.24) is 0 Å². The van der Waals surface area contributed by atoms with Gasteiger partial charge >= 0.3 is 0 Å². The molecule has 0 aliphatic rings. The largest absolute Gasteiger partial charge is 0.496 e. The molecule has 0 bridgehead atoms. The van der Waals surface area contributed by atoms with E-state index in [1.54, 1.807) is 7.11 Å². The zero-order valence-corrected chi connectivity index (χ0v) is 12.2. The molecule has 0 aliphatic carbocycles. The molecule has 2 aromatic carbocycles. The predicted molar refractivity (Wildman–Crippen MR) is 82.6 cm³/mol. The molecule has 1 N–H and O–H groups in total. The number of rotatable bonds is 6. The SMILES string of the molecule is COc1ccccc1C(C)Nc1cccc(OCC#N)c1. The van der Waals surface area contributed by atoms with Gasteiger partial charge in [0.1, 0.15) is 17.6 Å². The summed E-state index contributed by atoms with van der Waals surface area (Å²) in [5.74, 6) is 1.53. The molecule has 0 saturated heterocycles. The second-order valence-electron chi connectivity index (χ2n) is 4.58. The average Bonchev–Trinajstić information content (AvgIpc) is 2.53. The van der Waals surface area contributed by atoms with E-state index in [1.165, 1.54) is 0 Å². The van der Waals surface area contributed by atoms with Crippen LogP contribution in [0.4, 0.5) is 5.69 Å². The normalized spacial score (nSPS) is 11.3. The summed E-state index contributed by atoms with van der Waals surface area (Å²) < 4.78 is 10.7. The minimum atomic E-state index is 0.0471. The van der Waals surface area contributed by atoms with Gasteiger partial charge in [0.05, 0.1) is 13.2 Å². The summed E-state index contributed by atoms with van der Waals surface area (Å²) in [6.07, 6.45) is 0. The Hall–Kier alpha value is -2.67. The first-order valence-corrected chi connectivity index (χ1v) is 6.74. The lowest BCUT2D eigenvalue weighted by Crippen LogP contribution is -2.08. The second kappa shape index (κ2) is 7.20. The van der Waals surface area contributed by atoms with Crippen LogP contribution in [0.25, 0.3) is 0 Å². The van der Waals surface area contributed by atoms with Gasteiger partial charge in [0, 0.05) is 17.3 Å². The van der Waals surface area contributed by atoms with Crippen LogP contribution in [0.2, 0.25) is 0 Å². The van der Waals surface area contributed by atoms with Crippen LogP contribution >= 0.6 is 0 Å². The van der Waals surface area contributed by atoms with E-state index in [2.05, 4.69) is 12.2 Å². The molecule has 4 heteroatoms. The topological polar surface area (TPSA) is 54.3 Å². The number of nitriles is 1. The van der Waals surface area contributed by atoms with Gasteiger partial charge in [-0.3, -0.25) is 0 Å². The van der Waals surface area contributed by atoms with Gasteiger partial charge in [0.15, 0.2) is 6.61 Å². The number of para-hydroxylation sites is 1. The van der Waals surface area contributed by atoms with E-state index in [9.17, 15) is 0 Å². The number of nitrogens with zero attached hydrogens (tertiary/aromatic N) is 1. The fraction of sp³-hybridized carbons (Fsp3) is 0.235. The number of hydrogen-bond donors (Lipinski definition) is 1. The third-order valence-corrected chi connectivity index (χ3v) is 3.13. The van der Waals surface area contributed by atoms with E-state index in [1.807, 2.05) is 54.6 Å². The van der Waals surface area contributed by atoms with Crippen LogP contribution in [0.1, 0.15) is 18.5 Å². The number of benzene rings is 2. The van der Waals surface area contributed by atoms with Gasteiger partial charge in [-0.1, -0.05) is 24.3 Å². The van der Waals surface area contributed by atoms with Gasteiger partial charge < -0.3 is 14.8 Å². The van der Waals surface area contributed by atoms with Crippen LogP contribution in [-0.4, -0.2) is 13.7 Å². The van der Waals surface area contributed by atoms with E-state index in [-0.39, 0.29) is 12.6 Å². The van der Waals surface area contributed by atoms with Crippen molar-refractivity contribution >= 4 is 5.69 Å². The number of anilines is 1. The van der Waals surface area contributed by atoms with Crippen molar-refractivity contribution in [2.24, 2.45) is 0 Å². The van der Waals surface area contributed by atoms with E-state index >= 15 is 0 Å². The summed E-state index contributed by atoms with van der Waals surface area (Å²) in [5, 5.41) is 12.0. The molecule has 0 radical (unpaired) electrons. The van der Waals surface area contributed by atoms with Crippen molar-refractivity contribution in [3.8, 4) is 17.6 Å². The molecular formula is C17H18N2O2. The van der Waals surface area contributed by atoms with E-state index in [0.717, 1.165) is 17.0 Å². The average molecular weight is 282 g/mol. The Labute approximate surface area is 124 Å². The number of hydrogen-bond acceptors (Lipinski definition) is 4. The van der Waals surface area contributed by atoms with Gasteiger partial charge in [-0.2, -0.15) is 5.26 Å². The Morgan fingerprint density at radius 2 is 2.00 bits per heavy atom. The minimum absolute atomic E-state index is 0.0471. The molecule has 0 heterocycles. The van der Waals surface area contributed by atoms with E-state index in [0.29, 0.717) is 5.75 Å². The zero-order valence-electron chi connectivity index (χ0n) is 12.2. The maximum atomic E-state index is 8.54. The number of nitrogens with one attached hydrogen (secondary N) is 1. The maximum absolute atomic E-state index is 8.54. The summed E-state index contributed by atoms with van der Waals surface area (Å²) in [5.41, 5.74) is 2.02. The molecule has 0 spiro atoms. The summed E-state index contributed by atoms with van der Waals surface area (Å²) in [4.78, 5) is 0. The van der Waals surface area contributed by atoms with Gasteiger partial charge in [-0.15, -0.1) is 0 Å². The lowest BCUT2D eigenvalue weighted by molar-refractivity contribution is 0.368. The van der Waals surface area contributed by atoms with E-state index in [4.69, 9.17) is 14.7 Å². The van der Waals surface area contributed by atoms with Crippen molar-refractivity contribution in [3.05, 3.63) is 54.1 Å². The molecule has 0 saturated carbocycles. The highest BCUT2D eigenvalue weighted by atomic mass is 16.5. The predicted octanol–water partition coefficient (Wildman–Crippen LogP) is 3.77. The van der Waals surface area contributed by atoms with Gasteiger partial charge in [-0.25, -0.2) is 0 Å². The fourth-order valence-corrected chi connectivity index (χ4v) is 2.14. The first-order chi connectivity index (χ1) is 10.2. The highest BCUT2D eigenvalue weighted by molar-refractivity contribution is 5.51. The zero-order chi connectivity index (χ0) is 15.1. The number of methoxy groups -OCH3 is 1. The van der Waals surface area contributed by atoms with Gasteiger partial charge in [0.25, 0.3) is 0 Å². The number of ether oxygens (including phenoxy) is 2. The van der Waals surface area contributed by atoms with Crippen LogP contribution < -0.4 is 14.8 Å². The van der Waals surface area contributed by atoms with Crippen LogP contribution in [0.15, 0.2) is 48.5 Å². The Balaban J connectivity index is 2.12. The molecule has 108 valence electrons. The highest BCUT2D eigenvalue weighted by Crippen LogP contribution is 2.28. The van der Waals surface area contributed by atoms with Gasteiger partial charge in [-0.05, 0) is 25.1 Å². The van der Waals surface area contributed by atoms with Crippen LogP contribution in [0.5, 0.6) is 11.5 Å². The highest BCUT2D eigenvalue weighted by Gasteiger charge is 2.10. The maximum Gasteiger partial charge on any atom is 0.174 e. The summed E-state index contributed by atoms with van der Waals surface area (Å²) >= 11 is 0. The first-order valence-electron chi connectivity index (χ1n) is 6.74. The van der Waals surface area contributed by atoms with Crippen LogP contribution in [0, 0.1) is 11.3 Å². The molecule has 0 amide bonds. The van der Waals surface area contributed by atoms with Crippen LogP contribution in [-0.2, 0) is 0 Å². The first kappa shape index (κ1) is 14.7. The Bertz CT molecular complexity index is 635. The Morgan fingerprint density at radius 3 is 2.76 bits per heavy atom. The quantitative estimate of drug-likeness (QED) is 0.876. The molecule has 0 fully saturated rings. The van der Waals surface area contributed by atoms with Crippen molar-refractivity contribution in [1.29, 1.82) is 5.26 Å². The molecule has 1 atom stereocenters. The van der Waals surface area contributed by atoms with Crippen molar-refractivity contribution in [2.45, 2.75) is 13.0 Å². The summed E-state index contributed by atoms with van der Waals surface area (Å²) in [6.45, 7) is 2.12. The summed E-state index contributed by atoms with van der Waals surface area (Å²) in [7, 11) is 1.67. The molecule has 0 aliphatic heterocycles. The smallest absolute Gasteiger partial charge is 0.174 e. The molecule has 21 heavy (non-hydrogen) atoms. The molecule has 1 unspecified atom stereocenters. The monoisotopic (exact) mass is 282 g/mol. The van der Waals surface area contributed by atoms with Crippen LogP contribution in [0.3, 0.4) is 0 Å².